The van der Waals surface area contributed by atoms with Crippen molar-refractivity contribution in [1.82, 2.24) is 4.90 Å². The molecule has 0 aromatic rings. The first kappa shape index (κ1) is 15.7. The molecule has 1 aliphatic carbocycles. The van der Waals surface area contributed by atoms with Gasteiger partial charge in [0, 0.05) is 25.7 Å². The molecule has 2 fully saturated rings. The van der Waals surface area contributed by atoms with Crippen LogP contribution in [0.3, 0.4) is 0 Å². The van der Waals surface area contributed by atoms with Gasteiger partial charge in [0.25, 0.3) is 0 Å². The van der Waals surface area contributed by atoms with Gasteiger partial charge >= 0.3 is 5.97 Å². The second-order valence-electron chi connectivity index (χ2n) is 5.96. The molecule has 2 N–H and O–H groups in total. The molecule has 0 aromatic carbocycles. The maximum Gasteiger partial charge on any atom is 0.326 e. The lowest BCUT2D eigenvalue weighted by molar-refractivity contribution is -0.149. The fraction of sp³-hybridized carbons (Fsp3) is 0.933. The molecule has 0 amide bonds. The quantitative estimate of drug-likeness (QED) is 0.771. The van der Waals surface area contributed by atoms with E-state index in [1.807, 2.05) is 13.8 Å². The van der Waals surface area contributed by atoms with Crippen LogP contribution in [0.2, 0.25) is 0 Å². The number of nitrogens with zero attached hydrogens (tertiary/aromatic N) is 1. The Kier molecular flexibility index (Phi) is 5.41. The number of hydrogen-bond donors (Lipinski definition) is 1. The van der Waals surface area contributed by atoms with Crippen LogP contribution in [0.1, 0.15) is 46.0 Å². The first-order chi connectivity index (χ1) is 9.59. The zero-order chi connectivity index (χ0) is 14.6. The number of hydrogen-bond acceptors (Lipinski definition) is 5. The van der Waals surface area contributed by atoms with Gasteiger partial charge in [-0.15, -0.1) is 0 Å². The molecule has 5 nitrogen and oxygen atoms in total. The summed E-state index contributed by atoms with van der Waals surface area (Å²) < 4.78 is 10.8. The van der Waals surface area contributed by atoms with Crippen molar-refractivity contribution in [3.63, 3.8) is 0 Å². The number of esters is 1. The molecule has 5 heteroatoms. The molecule has 2 unspecified atom stereocenters. The number of carbonyl (C=O) groups excluding carboxylic acids is 1. The molecular weight excluding hydrogens is 256 g/mol. The minimum atomic E-state index is -0.766. The fourth-order valence-corrected chi connectivity index (χ4v) is 3.46. The van der Waals surface area contributed by atoms with E-state index in [9.17, 15) is 4.79 Å². The highest BCUT2D eigenvalue weighted by molar-refractivity contribution is 5.81. The predicted molar refractivity (Wildman–Crippen MR) is 77.4 cm³/mol. The summed E-state index contributed by atoms with van der Waals surface area (Å²) in [6, 6.07) is 0.423. The smallest absolute Gasteiger partial charge is 0.326 e. The van der Waals surface area contributed by atoms with Crippen molar-refractivity contribution in [2.45, 2.75) is 63.6 Å². The van der Waals surface area contributed by atoms with E-state index in [0.717, 1.165) is 51.8 Å². The average molecular weight is 284 g/mol. The van der Waals surface area contributed by atoms with Gasteiger partial charge < -0.3 is 20.1 Å². The zero-order valence-electron chi connectivity index (χ0n) is 12.8. The fourth-order valence-electron chi connectivity index (χ4n) is 3.46. The minimum absolute atomic E-state index is 0.230. The van der Waals surface area contributed by atoms with E-state index in [2.05, 4.69) is 4.90 Å². The molecule has 2 atom stereocenters. The molecule has 0 bridgehead atoms. The monoisotopic (exact) mass is 284 g/mol. The number of likely N-dealkylation sites (tertiary alicyclic amines) is 1. The zero-order valence-corrected chi connectivity index (χ0v) is 12.8. The summed E-state index contributed by atoms with van der Waals surface area (Å²) in [5.74, 6) is -0.230. The van der Waals surface area contributed by atoms with Crippen LogP contribution in [-0.4, -0.2) is 54.9 Å². The largest absolute Gasteiger partial charge is 0.465 e. The van der Waals surface area contributed by atoms with Gasteiger partial charge in [0.15, 0.2) is 0 Å². The van der Waals surface area contributed by atoms with Crippen LogP contribution in [0.25, 0.3) is 0 Å². The van der Waals surface area contributed by atoms with Crippen molar-refractivity contribution in [2.75, 3.05) is 26.3 Å². The van der Waals surface area contributed by atoms with Gasteiger partial charge in [0.2, 0.25) is 0 Å². The number of rotatable bonds is 5. The van der Waals surface area contributed by atoms with Gasteiger partial charge in [-0.3, -0.25) is 4.79 Å². The van der Waals surface area contributed by atoms with Crippen LogP contribution in [0.15, 0.2) is 0 Å². The molecule has 2 aliphatic rings. The normalized spacial score (nSPS) is 32.5. The Labute approximate surface area is 121 Å². The lowest BCUT2D eigenvalue weighted by atomic mass is 9.98. The van der Waals surface area contributed by atoms with Crippen LogP contribution in [-0.2, 0) is 14.3 Å². The highest BCUT2D eigenvalue weighted by Crippen LogP contribution is 2.33. The Morgan fingerprint density at radius 3 is 2.55 bits per heavy atom. The second-order valence-corrected chi connectivity index (χ2v) is 5.96. The summed E-state index contributed by atoms with van der Waals surface area (Å²) in [5, 5.41) is 0. The number of piperidine rings is 1. The molecule has 0 radical (unpaired) electrons. The Morgan fingerprint density at radius 2 is 1.95 bits per heavy atom. The molecule has 1 heterocycles. The van der Waals surface area contributed by atoms with E-state index in [1.54, 1.807) is 0 Å². The third-order valence-corrected chi connectivity index (χ3v) is 4.60. The van der Waals surface area contributed by atoms with E-state index in [4.69, 9.17) is 15.2 Å². The highest BCUT2D eigenvalue weighted by atomic mass is 16.5. The first-order valence-corrected chi connectivity index (χ1v) is 7.90. The van der Waals surface area contributed by atoms with Crippen LogP contribution in [0, 0.1) is 0 Å². The van der Waals surface area contributed by atoms with E-state index < -0.39 is 5.54 Å². The standard InChI is InChI=1S/C15H28N2O3/c1-3-19-13-6-9-17(10-7-13)12-5-8-15(16,11-12)14(18)20-4-2/h12-13H,3-11,16H2,1-2H3. The van der Waals surface area contributed by atoms with Crippen LogP contribution < -0.4 is 5.73 Å². The van der Waals surface area contributed by atoms with E-state index in [1.165, 1.54) is 0 Å². The lowest BCUT2D eigenvalue weighted by Crippen LogP contribution is -2.49. The van der Waals surface area contributed by atoms with Crippen molar-refractivity contribution in [3.05, 3.63) is 0 Å². The predicted octanol–water partition coefficient (Wildman–Crippen LogP) is 1.30. The molecule has 1 saturated heterocycles. The van der Waals surface area contributed by atoms with Gasteiger partial charge in [-0.25, -0.2) is 0 Å². The number of ether oxygens (including phenoxy) is 2. The molecule has 20 heavy (non-hydrogen) atoms. The van der Waals surface area contributed by atoms with Crippen molar-refractivity contribution in [3.8, 4) is 0 Å². The Bertz CT molecular complexity index is 329. The van der Waals surface area contributed by atoms with Crippen molar-refractivity contribution < 1.29 is 14.3 Å². The van der Waals surface area contributed by atoms with Gasteiger partial charge in [0.05, 0.1) is 12.7 Å². The third-order valence-electron chi connectivity index (χ3n) is 4.60. The minimum Gasteiger partial charge on any atom is -0.465 e. The highest BCUT2D eigenvalue weighted by Gasteiger charge is 2.45. The second kappa shape index (κ2) is 6.87. The van der Waals surface area contributed by atoms with E-state index in [0.29, 0.717) is 18.8 Å². The summed E-state index contributed by atoms with van der Waals surface area (Å²) in [5.41, 5.74) is 5.47. The molecule has 0 aromatic heterocycles. The average Bonchev–Trinajstić information content (AvgIpc) is 2.84. The van der Waals surface area contributed by atoms with Crippen molar-refractivity contribution >= 4 is 5.97 Å². The molecular formula is C15H28N2O3. The van der Waals surface area contributed by atoms with E-state index >= 15 is 0 Å². The molecule has 2 rings (SSSR count). The van der Waals surface area contributed by atoms with Gasteiger partial charge in [-0.05, 0) is 46.0 Å². The van der Waals surface area contributed by atoms with Gasteiger partial charge in [0.1, 0.15) is 5.54 Å². The maximum atomic E-state index is 11.9. The Balaban J connectivity index is 1.83. The summed E-state index contributed by atoms with van der Waals surface area (Å²) in [7, 11) is 0. The topological polar surface area (TPSA) is 64.8 Å². The number of carbonyl (C=O) groups is 1. The summed E-state index contributed by atoms with van der Waals surface area (Å²) >= 11 is 0. The summed E-state index contributed by atoms with van der Waals surface area (Å²) in [6.45, 7) is 7.17. The SMILES string of the molecule is CCOC(=O)C1(N)CCC(N2CCC(OCC)CC2)C1. The first-order valence-electron chi connectivity index (χ1n) is 7.90. The van der Waals surface area contributed by atoms with Crippen LogP contribution in [0.5, 0.6) is 0 Å². The summed E-state index contributed by atoms with van der Waals surface area (Å²) in [4.78, 5) is 14.4. The van der Waals surface area contributed by atoms with Crippen molar-refractivity contribution in [1.29, 1.82) is 0 Å². The molecule has 1 saturated carbocycles. The lowest BCUT2D eigenvalue weighted by Gasteiger charge is -2.36. The molecule has 0 spiro atoms. The number of nitrogens with two attached hydrogens (primary N) is 1. The van der Waals surface area contributed by atoms with Gasteiger partial charge in [-0.1, -0.05) is 0 Å². The molecule has 1 aliphatic heterocycles. The van der Waals surface area contributed by atoms with Crippen molar-refractivity contribution in [2.24, 2.45) is 5.73 Å². The Morgan fingerprint density at radius 1 is 1.25 bits per heavy atom. The van der Waals surface area contributed by atoms with Crippen LogP contribution in [0.4, 0.5) is 0 Å². The maximum absolute atomic E-state index is 11.9. The third kappa shape index (κ3) is 3.51. The van der Waals surface area contributed by atoms with Gasteiger partial charge in [-0.2, -0.15) is 0 Å². The Hall–Kier alpha value is -0.650. The van der Waals surface area contributed by atoms with E-state index in [-0.39, 0.29) is 5.97 Å². The van der Waals surface area contributed by atoms with Crippen LogP contribution >= 0.6 is 0 Å². The summed E-state index contributed by atoms with van der Waals surface area (Å²) in [6.07, 6.45) is 5.04. The molecule has 116 valence electrons.